The van der Waals surface area contributed by atoms with Crippen molar-refractivity contribution < 1.29 is 14.3 Å². The molecule has 1 unspecified atom stereocenters. The molecule has 1 amide bonds. The first-order valence-corrected chi connectivity index (χ1v) is 8.72. The fraction of sp³-hybridized carbons (Fsp3) is 0.611. The normalized spacial score (nSPS) is 21.5. The molecule has 1 fully saturated rings. The van der Waals surface area contributed by atoms with Crippen LogP contribution in [0.4, 0.5) is 0 Å². The lowest BCUT2D eigenvalue weighted by Crippen LogP contribution is -2.46. The number of ether oxygens (including phenoxy) is 2. The summed E-state index contributed by atoms with van der Waals surface area (Å²) in [6.45, 7) is 1.69. The van der Waals surface area contributed by atoms with Crippen molar-refractivity contribution >= 4 is 5.91 Å². The summed E-state index contributed by atoms with van der Waals surface area (Å²) in [6.07, 6.45) is 7.29. The van der Waals surface area contributed by atoms with Crippen molar-refractivity contribution in [2.24, 2.45) is 0 Å². The zero-order chi connectivity index (χ0) is 15.9. The minimum Gasteiger partial charge on any atom is -0.485 e. The molecule has 0 aromatic heterocycles. The van der Waals surface area contributed by atoms with Gasteiger partial charge in [0, 0.05) is 19.1 Å². The Hall–Kier alpha value is -1.75. The summed E-state index contributed by atoms with van der Waals surface area (Å²) in [6, 6.07) is 8.04. The second-order valence-electron chi connectivity index (χ2n) is 6.30. The molecule has 2 aliphatic rings. The molecule has 2 N–H and O–H groups in total. The Morgan fingerprint density at radius 1 is 1.04 bits per heavy atom. The first kappa shape index (κ1) is 16.1. The number of para-hydroxylation sites is 2. The second-order valence-corrected chi connectivity index (χ2v) is 6.30. The van der Waals surface area contributed by atoms with Crippen LogP contribution in [-0.2, 0) is 4.79 Å². The molecule has 1 heterocycles. The van der Waals surface area contributed by atoms with Gasteiger partial charge < -0.3 is 20.1 Å². The Kier molecular flexibility index (Phi) is 5.75. The lowest BCUT2D eigenvalue weighted by atomic mass is 10.1. The van der Waals surface area contributed by atoms with Crippen molar-refractivity contribution in [2.75, 3.05) is 19.7 Å². The zero-order valence-electron chi connectivity index (χ0n) is 13.6. The predicted octanol–water partition coefficient (Wildman–Crippen LogP) is 2.25. The van der Waals surface area contributed by atoms with Crippen LogP contribution in [0.2, 0.25) is 0 Å². The van der Waals surface area contributed by atoms with Gasteiger partial charge in [-0.1, -0.05) is 37.8 Å². The fourth-order valence-corrected chi connectivity index (χ4v) is 3.21. The average molecular weight is 318 g/mol. The molecule has 1 aliphatic carbocycles. The van der Waals surface area contributed by atoms with Crippen LogP contribution in [0.1, 0.15) is 38.5 Å². The topological polar surface area (TPSA) is 59.6 Å². The van der Waals surface area contributed by atoms with E-state index in [1.807, 2.05) is 24.3 Å². The highest BCUT2D eigenvalue weighted by Gasteiger charge is 2.26. The summed E-state index contributed by atoms with van der Waals surface area (Å²) in [7, 11) is 0. The molecular formula is C18H26N2O3. The molecule has 0 saturated heterocycles. The summed E-state index contributed by atoms with van der Waals surface area (Å²) in [4.78, 5) is 12.2. The van der Waals surface area contributed by atoms with E-state index in [1.54, 1.807) is 0 Å². The highest BCUT2D eigenvalue weighted by Crippen LogP contribution is 2.30. The van der Waals surface area contributed by atoms with Gasteiger partial charge in [-0.3, -0.25) is 4.79 Å². The number of benzene rings is 1. The molecule has 3 rings (SSSR count). The van der Waals surface area contributed by atoms with E-state index in [9.17, 15) is 4.79 Å². The van der Waals surface area contributed by atoms with Crippen molar-refractivity contribution in [2.45, 2.75) is 50.7 Å². The van der Waals surface area contributed by atoms with Crippen LogP contribution >= 0.6 is 0 Å². The Labute approximate surface area is 137 Å². The lowest BCUT2D eigenvalue weighted by molar-refractivity contribution is -0.130. The molecule has 5 nitrogen and oxygen atoms in total. The number of nitrogens with one attached hydrogen (secondary N) is 2. The monoisotopic (exact) mass is 318 g/mol. The molecule has 0 spiro atoms. The van der Waals surface area contributed by atoms with Crippen LogP contribution in [0.3, 0.4) is 0 Å². The standard InChI is InChI=1S/C18H26N2O3/c21-18(17-13-22-15-9-5-6-10-16(15)23-17)20-12-11-19-14-7-3-1-2-4-8-14/h5-6,9-10,14,17,19H,1-4,7-8,11-13H2,(H,20,21). The van der Waals surface area contributed by atoms with E-state index < -0.39 is 6.10 Å². The minimum atomic E-state index is -0.567. The van der Waals surface area contributed by atoms with E-state index >= 15 is 0 Å². The third-order valence-corrected chi connectivity index (χ3v) is 4.51. The van der Waals surface area contributed by atoms with Crippen LogP contribution in [0.15, 0.2) is 24.3 Å². The third-order valence-electron chi connectivity index (χ3n) is 4.51. The molecule has 1 atom stereocenters. The van der Waals surface area contributed by atoms with Crippen molar-refractivity contribution in [3.05, 3.63) is 24.3 Å². The highest BCUT2D eigenvalue weighted by molar-refractivity contribution is 5.81. The molecule has 1 aromatic carbocycles. The number of hydrogen-bond acceptors (Lipinski definition) is 4. The van der Waals surface area contributed by atoms with Crippen molar-refractivity contribution in [3.8, 4) is 11.5 Å². The molecule has 1 aromatic rings. The van der Waals surface area contributed by atoms with Crippen molar-refractivity contribution in [1.82, 2.24) is 10.6 Å². The third kappa shape index (κ3) is 4.61. The maximum Gasteiger partial charge on any atom is 0.264 e. The maximum atomic E-state index is 12.2. The highest BCUT2D eigenvalue weighted by atomic mass is 16.6. The molecule has 23 heavy (non-hydrogen) atoms. The van der Waals surface area contributed by atoms with Gasteiger partial charge >= 0.3 is 0 Å². The van der Waals surface area contributed by atoms with Gasteiger partial charge in [0.25, 0.3) is 5.91 Å². The number of carbonyl (C=O) groups excluding carboxylic acids is 1. The number of fused-ring (bicyclic) bond motifs is 1. The summed E-state index contributed by atoms with van der Waals surface area (Å²) >= 11 is 0. The SMILES string of the molecule is O=C(NCCNC1CCCCCC1)C1COc2ccccc2O1. The van der Waals surface area contributed by atoms with Gasteiger partial charge in [-0.05, 0) is 25.0 Å². The van der Waals surface area contributed by atoms with Crippen LogP contribution in [0, 0.1) is 0 Å². The Morgan fingerprint density at radius 2 is 1.78 bits per heavy atom. The number of amides is 1. The summed E-state index contributed by atoms with van der Waals surface area (Å²) in [5.41, 5.74) is 0. The van der Waals surface area contributed by atoms with E-state index in [2.05, 4.69) is 10.6 Å². The first-order valence-electron chi connectivity index (χ1n) is 8.72. The smallest absolute Gasteiger partial charge is 0.264 e. The largest absolute Gasteiger partial charge is 0.485 e. The summed E-state index contributed by atoms with van der Waals surface area (Å²) in [5, 5.41) is 6.48. The lowest BCUT2D eigenvalue weighted by Gasteiger charge is -2.25. The van der Waals surface area contributed by atoms with Crippen LogP contribution < -0.4 is 20.1 Å². The van der Waals surface area contributed by atoms with Gasteiger partial charge in [0.15, 0.2) is 11.5 Å². The molecule has 1 saturated carbocycles. The van der Waals surface area contributed by atoms with Gasteiger partial charge in [0.1, 0.15) is 6.61 Å². The van der Waals surface area contributed by atoms with Gasteiger partial charge in [-0.15, -0.1) is 0 Å². The van der Waals surface area contributed by atoms with Crippen molar-refractivity contribution in [3.63, 3.8) is 0 Å². The van der Waals surface area contributed by atoms with E-state index in [-0.39, 0.29) is 12.5 Å². The van der Waals surface area contributed by atoms with Crippen LogP contribution in [0.25, 0.3) is 0 Å². The van der Waals surface area contributed by atoms with Crippen molar-refractivity contribution in [1.29, 1.82) is 0 Å². The Balaban J connectivity index is 1.37. The van der Waals surface area contributed by atoms with E-state index in [1.165, 1.54) is 38.5 Å². The summed E-state index contributed by atoms with van der Waals surface area (Å²) < 4.78 is 11.3. The summed E-state index contributed by atoms with van der Waals surface area (Å²) in [5.74, 6) is 1.23. The molecular weight excluding hydrogens is 292 g/mol. The van der Waals surface area contributed by atoms with E-state index in [4.69, 9.17) is 9.47 Å². The molecule has 0 bridgehead atoms. The fourth-order valence-electron chi connectivity index (χ4n) is 3.21. The number of carbonyl (C=O) groups is 1. The maximum absolute atomic E-state index is 12.2. The second kappa shape index (κ2) is 8.20. The number of hydrogen-bond donors (Lipinski definition) is 2. The van der Waals surface area contributed by atoms with E-state index in [0.29, 0.717) is 24.1 Å². The molecule has 126 valence electrons. The van der Waals surface area contributed by atoms with Gasteiger partial charge in [-0.25, -0.2) is 0 Å². The zero-order valence-corrected chi connectivity index (χ0v) is 13.6. The minimum absolute atomic E-state index is 0.109. The Morgan fingerprint density at radius 3 is 2.57 bits per heavy atom. The average Bonchev–Trinajstić information content (AvgIpc) is 2.87. The van der Waals surface area contributed by atoms with Gasteiger partial charge in [0.05, 0.1) is 0 Å². The first-order chi connectivity index (χ1) is 11.3. The van der Waals surface area contributed by atoms with E-state index in [0.717, 1.165) is 6.54 Å². The molecule has 0 radical (unpaired) electrons. The Bertz CT molecular complexity index is 513. The molecule has 5 heteroatoms. The number of rotatable bonds is 5. The van der Waals surface area contributed by atoms with Gasteiger partial charge in [-0.2, -0.15) is 0 Å². The quantitative estimate of drug-likeness (QED) is 0.646. The van der Waals surface area contributed by atoms with Crippen LogP contribution in [0.5, 0.6) is 11.5 Å². The molecule has 1 aliphatic heterocycles. The van der Waals surface area contributed by atoms with Gasteiger partial charge in [0.2, 0.25) is 6.10 Å². The predicted molar refractivity (Wildman–Crippen MR) is 88.9 cm³/mol. The van der Waals surface area contributed by atoms with Crippen LogP contribution in [-0.4, -0.2) is 37.7 Å².